The van der Waals surface area contributed by atoms with Gasteiger partial charge in [-0.25, -0.2) is 0 Å². The van der Waals surface area contributed by atoms with Gasteiger partial charge in [0.1, 0.15) is 0 Å². The molecule has 88 valence electrons. The van der Waals surface area contributed by atoms with Gasteiger partial charge in [-0.3, -0.25) is 4.79 Å². The van der Waals surface area contributed by atoms with Crippen LogP contribution in [0.5, 0.6) is 0 Å². The molecular weight excluding hydrogens is 188 g/mol. The van der Waals surface area contributed by atoms with Gasteiger partial charge in [0, 0.05) is 6.04 Å². The van der Waals surface area contributed by atoms with Crippen LogP contribution in [0.3, 0.4) is 0 Å². The molecule has 0 aliphatic heterocycles. The summed E-state index contributed by atoms with van der Waals surface area (Å²) >= 11 is 0. The van der Waals surface area contributed by atoms with E-state index in [9.17, 15) is 4.79 Å². The van der Waals surface area contributed by atoms with E-state index in [1.54, 1.807) is 0 Å². The number of nitrogens with one attached hydrogen (secondary N) is 1. The van der Waals surface area contributed by atoms with Crippen molar-refractivity contribution in [2.75, 3.05) is 0 Å². The Hall–Kier alpha value is -0.570. The summed E-state index contributed by atoms with van der Waals surface area (Å²) in [5.74, 6) is 0.821. The summed E-state index contributed by atoms with van der Waals surface area (Å²) in [6.45, 7) is 4.17. The Morgan fingerprint density at radius 2 is 2.20 bits per heavy atom. The molecule has 0 aromatic carbocycles. The van der Waals surface area contributed by atoms with E-state index in [4.69, 9.17) is 5.73 Å². The van der Waals surface area contributed by atoms with E-state index in [2.05, 4.69) is 12.2 Å². The van der Waals surface area contributed by atoms with Crippen LogP contribution in [0.15, 0.2) is 0 Å². The van der Waals surface area contributed by atoms with Crippen LogP contribution < -0.4 is 11.1 Å². The third kappa shape index (κ3) is 3.82. The van der Waals surface area contributed by atoms with E-state index in [1.165, 1.54) is 19.3 Å². The van der Waals surface area contributed by atoms with Crippen LogP contribution in [0.1, 0.15) is 52.4 Å². The second kappa shape index (κ2) is 6.11. The molecule has 3 atom stereocenters. The summed E-state index contributed by atoms with van der Waals surface area (Å²) in [6.07, 6.45) is 6.77. The molecular formula is C12H24N2O. The quantitative estimate of drug-likeness (QED) is 0.746. The molecule has 0 aromatic rings. The normalized spacial score (nSPS) is 28.5. The van der Waals surface area contributed by atoms with Gasteiger partial charge in [-0.15, -0.1) is 0 Å². The summed E-state index contributed by atoms with van der Waals surface area (Å²) in [4.78, 5) is 11.6. The molecule has 1 amide bonds. The smallest absolute Gasteiger partial charge is 0.237 e. The Kier molecular flexibility index (Phi) is 5.09. The fraction of sp³-hybridized carbons (Fsp3) is 0.917. The van der Waals surface area contributed by atoms with Crippen molar-refractivity contribution in [2.45, 2.75) is 64.5 Å². The Balaban J connectivity index is 2.34. The maximum atomic E-state index is 11.6. The fourth-order valence-electron chi connectivity index (χ4n) is 2.29. The van der Waals surface area contributed by atoms with E-state index in [0.717, 1.165) is 25.2 Å². The average Bonchev–Trinajstić information content (AvgIpc) is 2.28. The third-order valence-electron chi connectivity index (χ3n) is 3.48. The van der Waals surface area contributed by atoms with Crippen molar-refractivity contribution in [3.63, 3.8) is 0 Å². The van der Waals surface area contributed by atoms with Gasteiger partial charge < -0.3 is 11.1 Å². The van der Waals surface area contributed by atoms with Gasteiger partial charge in [-0.1, -0.05) is 33.1 Å². The molecule has 0 spiro atoms. The summed E-state index contributed by atoms with van der Waals surface area (Å²) in [6, 6.07) is 0.0424. The van der Waals surface area contributed by atoms with Crippen molar-refractivity contribution in [3.8, 4) is 0 Å². The van der Waals surface area contributed by atoms with Gasteiger partial charge in [-0.2, -0.15) is 0 Å². The molecule has 2 unspecified atom stereocenters. The first-order valence-corrected chi connectivity index (χ1v) is 6.23. The van der Waals surface area contributed by atoms with Crippen molar-refractivity contribution in [1.82, 2.24) is 5.32 Å². The Morgan fingerprint density at radius 1 is 1.47 bits per heavy atom. The lowest BCUT2D eigenvalue weighted by atomic mass is 9.84. The summed E-state index contributed by atoms with van der Waals surface area (Å²) in [7, 11) is 0. The Labute approximate surface area is 92.8 Å². The van der Waals surface area contributed by atoms with Crippen LogP contribution in [0.2, 0.25) is 0 Å². The summed E-state index contributed by atoms with van der Waals surface area (Å²) in [5, 5.41) is 3.07. The van der Waals surface area contributed by atoms with E-state index in [-0.39, 0.29) is 11.9 Å². The van der Waals surface area contributed by atoms with Crippen molar-refractivity contribution in [2.24, 2.45) is 11.7 Å². The molecule has 0 bridgehead atoms. The molecule has 0 radical (unpaired) electrons. The zero-order valence-electron chi connectivity index (χ0n) is 9.96. The lowest BCUT2D eigenvalue weighted by molar-refractivity contribution is -0.123. The lowest BCUT2D eigenvalue weighted by Crippen LogP contribution is -2.46. The highest BCUT2D eigenvalue weighted by atomic mass is 16.2. The van der Waals surface area contributed by atoms with Crippen LogP contribution in [-0.2, 0) is 4.79 Å². The SMILES string of the molecule is CCC1CCCC(NC(=O)[C@H](N)CC)C1. The van der Waals surface area contributed by atoms with Crippen LogP contribution in [0, 0.1) is 5.92 Å². The molecule has 0 saturated heterocycles. The minimum absolute atomic E-state index is 0.0271. The molecule has 1 saturated carbocycles. The average molecular weight is 212 g/mol. The molecule has 3 nitrogen and oxygen atoms in total. The van der Waals surface area contributed by atoms with Gasteiger partial charge in [0.15, 0.2) is 0 Å². The molecule has 1 rings (SSSR count). The molecule has 1 aliphatic carbocycles. The second-order valence-electron chi connectivity index (χ2n) is 4.66. The molecule has 15 heavy (non-hydrogen) atoms. The van der Waals surface area contributed by atoms with Gasteiger partial charge in [0.2, 0.25) is 5.91 Å². The van der Waals surface area contributed by atoms with E-state index >= 15 is 0 Å². The summed E-state index contributed by atoms with van der Waals surface area (Å²) < 4.78 is 0. The maximum Gasteiger partial charge on any atom is 0.237 e. The third-order valence-corrected chi connectivity index (χ3v) is 3.48. The maximum absolute atomic E-state index is 11.6. The fourth-order valence-corrected chi connectivity index (χ4v) is 2.29. The highest BCUT2D eigenvalue weighted by molar-refractivity contribution is 5.81. The van der Waals surface area contributed by atoms with Crippen molar-refractivity contribution >= 4 is 5.91 Å². The minimum atomic E-state index is -0.327. The van der Waals surface area contributed by atoms with Crippen LogP contribution in [-0.4, -0.2) is 18.0 Å². The number of nitrogens with two attached hydrogens (primary N) is 1. The highest BCUT2D eigenvalue weighted by Crippen LogP contribution is 2.26. The number of rotatable bonds is 4. The lowest BCUT2D eigenvalue weighted by Gasteiger charge is -2.29. The Morgan fingerprint density at radius 3 is 2.80 bits per heavy atom. The largest absolute Gasteiger partial charge is 0.352 e. The number of hydrogen-bond acceptors (Lipinski definition) is 2. The van der Waals surface area contributed by atoms with Crippen molar-refractivity contribution in [1.29, 1.82) is 0 Å². The molecule has 1 fully saturated rings. The van der Waals surface area contributed by atoms with Gasteiger partial charge in [0.05, 0.1) is 6.04 Å². The minimum Gasteiger partial charge on any atom is -0.352 e. The van der Waals surface area contributed by atoms with Crippen molar-refractivity contribution in [3.05, 3.63) is 0 Å². The summed E-state index contributed by atoms with van der Waals surface area (Å²) in [5.41, 5.74) is 5.69. The monoisotopic (exact) mass is 212 g/mol. The number of carbonyl (C=O) groups excluding carboxylic acids is 1. The zero-order valence-corrected chi connectivity index (χ0v) is 9.96. The van der Waals surface area contributed by atoms with Crippen molar-refractivity contribution < 1.29 is 4.79 Å². The predicted molar refractivity (Wildman–Crippen MR) is 62.4 cm³/mol. The first-order chi connectivity index (χ1) is 7.17. The first-order valence-electron chi connectivity index (χ1n) is 6.23. The number of carbonyl (C=O) groups is 1. The first kappa shape index (κ1) is 12.5. The molecule has 0 aromatic heterocycles. The van der Waals surface area contributed by atoms with E-state index < -0.39 is 0 Å². The predicted octanol–water partition coefficient (Wildman–Crippen LogP) is 1.81. The van der Waals surface area contributed by atoms with Gasteiger partial charge in [-0.05, 0) is 25.2 Å². The topological polar surface area (TPSA) is 55.1 Å². The molecule has 3 N–H and O–H groups in total. The van der Waals surface area contributed by atoms with Crippen LogP contribution >= 0.6 is 0 Å². The Bertz CT molecular complexity index is 206. The second-order valence-corrected chi connectivity index (χ2v) is 4.66. The van der Waals surface area contributed by atoms with Crippen LogP contribution in [0.25, 0.3) is 0 Å². The van der Waals surface area contributed by atoms with Gasteiger partial charge >= 0.3 is 0 Å². The zero-order chi connectivity index (χ0) is 11.3. The molecule has 1 aliphatic rings. The molecule has 0 heterocycles. The van der Waals surface area contributed by atoms with Crippen LogP contribution in [0.4, 0.5) is 0 Å². The van der Waals surface area contributed by atoms with E-state index in [1.807, 2.05) is 6.92 Å². The number of amides is 1. The number of hydrogen-bond donors (Lipinski definition) is 2. The van der Waals surface area contributed by atoms with Gasteiger partial charge in [0.25, 0.3) is 0 Å². The standard InChI is InChI=1S/C12H24N2O/c1-3-9-6-5-7-10(8-9)14-12(15)11(13)4-2/h9-11H,3-8,13H2,1-2H3,(H,14,15)/t9?,10?,11-/m1/s1. The van der Waals surface area contributed by atoms with E-state index in [0.29, 0.717) is 6.04 Å². The highest BCUT2D eigenvalue weighted by Gasteiger charge is 2.23. The molecule has 3 heteroatoms.